The molecule has 1 saturated heterocycles. The fourth-order valence-electron chi connectivity index (χ4n) is 4.95. The van der Waals surface area contributed by atoms with Gasteiger partial charge in [-0.3, -0.25) is 9.59 Å². The average molecular weight is 539 g/mol. The molecule has 1 amide bonds. The summed E-state index contributed by atoms with van der Waals surface area (Å²) in [7, 11) is 4.66. The highest BCUT2D eigenvalue weighted by atomic mass is 16.5. The van der Waals surface area contributed by atoms with Crippen LogP contribution in [0.4, 0.5) is 0 Å². The first-order valence-corrected chi connectivity index (χ1v) is 13.8. The molecule has 8 nitrogen and oxygen atoms in total. The Morgan fingerprint density at radius 2 is 1.44 bits per heavy atom. The summed E-state index contributed by atoms with van der Waals surface area (Å²) in [6.45, 7) is 7.58. The lowest BCUT2D eigenvalue weighted by atomic mass is 9.94. The summed E-state index contributed by atoms with van der Waals surface area (Å²) >= 11 is 0. The van der Waals surface area contributed by atoms with Gasteiger partial charge < -0.3 is 29.1 Å². The third kappa shape index (κ3) is 7.12. The van der Waals surface area contributed by atoms with Gasteiger partial charge in [-0.1, -0.05) is 26.7 Å². The van der Waals surface area contributed by atoms with Crippen molar-refractivity contribution in [3.63, 3.8) is 0 Å². The molecular formula is C31H42N2O6. The summed E-state index contributed by atoms with van der Waals surface area (Å²) in [5.41, 5.74) is 1.04. The highest BCUT2D eigenvalue weighted by molar-refractivity contribution is 6.46. The number of likely N-dealkylation sites (tertiary alicyclic amines) is 1. The lowest BCUT2D eigenvalue weighted by molar-refractivity contribution is -0.140. The Bertz CT molecular complexity index is 1140. The summed E-state index contributed by atoms with van der Waals surface area (Å²) in [6, 6.07) is 11.2. The van der Waals surface area contributed by atoms with Crippen LogP contribution in [0.3, 0.4) is 0 Å². The Morgan fingerprint density at radius 1 is 0.846 bits per heavy atom. The molecule has 1 heterocycles. The molecular weight excluding hydrogens is 496 g/mol. The van der Waals surface area contributed by atoms with Crippen molar-refractivity contribution in [2.45, 2.75) is 52.0 Å². The molecule has 0 bridgehead atoms. The fourth-order valence-corrected chi connectivity index (χ4v) is 4.95. The number of carbonyl (C=O) groups is 2. The van der Waals surface area contributed by atoms with Crippen LogP contribution in [0.1, 0.15) is 63.1 Å². The minimum absolute atomic E-state index is 0.0329. The molecule has 1 N–H and O–H groups in total. The highest BCUT2D eigenvalue weighted by Crippen LogP contribution is 2.44. The molecule has 0 aromatic heterocycles. The van der Waals surface area contributed by atoms with Crippen molar-refractivity contribution < 1.29 is 28.9 Å². The number of methoxy groups -OCH3 is 3. The van der Waals surface area contributed by atoms with Crippen LogP contribution in [0, 0.1) is 0 Å². The predicted molar refractivity (Wildman–Crippen MR) is 152 cm³/mol. The first-order valence-electron chi connectivity index (χ1n) is 13.8. The van der Waals surface area contributed by atoms with Gasteiger partial charge in [0.25, 0.3) is 11.7 Å². The summed E-state index contributed by atoms with van der Waals surface area (Å²) in [5, 5.41) is 11.4. The molecule has 1 atom stereocenters. The number of aliphatic hydroxyl groups is 1. The van der Waals surface area contributed by atoms with Crippen LogP contribution in [0.15, 0.2) is 48.0 Å². The predicted octanol–water partition coefficient (Wildman–Crippen LogP) is 5.43. The maximum Gasteiger partial charge on any atom is 0.295 e. The number of carbonyl (C=O) groups excluding carboxylic acids is 2. The number of unbranched alkanes of at least 4 members (excludes halogenated alkanes) is 2. The molecule has 212 valence electrons. The van der Waals surface area contributed by atoms with Crippen LogP contribution >= 0.6 is 0 Å². The molecule has 1 aliphatic heterocycles. The Labute approximate surface area is 232 Å². The van der Waals surface area contributed by atoms with Crippen molar-refractivity contribution in [3.05, 3.63) is 59.2 Å². The maximum atomic E-state index is 13.5. The van der Waals surface area contributed by atoms with Crippen LogP contribution in [-0.4, -0.2) is 74.1 Å². The second-order valence-electron chi connectivity index (χ2n) is 9.73. The number of amides is 1. The fraction of sp³-hybridized carbons (Fsp3) is 0.484. The van der Waals surface area contributed by atoms with Crippen molar-refractivity contribution in [1.29, 1.82) is 0 Å². The normalized spacial score (nSPS) is 16.7. The van der Waals surface area contributed by atoms with Gasteiger partial charge in [0.15, 0.2) is 0 Å². The minimum Gasteiger partial charge on any atom is -0.507 e. The number of aliphatic hydroxyl groups excluding tert-OH is 1. The largest absolute Gasteiger partial charge is 0.507 e. The number of ether oxygens (including phenoxy) is 3. The maximum absolute atomic E-state index is 13.5. The number of hydrogen-bond acceptors (Lipinski definition) is 7. The van der Waals surface area contributed by atoms with Crippen LogP contribution < -0.4 is 14.2 Å². The highest BCUT2D eigenvalue weighted by Gasteiger charge is 2.47. The molecule has 1 fully saturated rings. The third-order valence-electron chi connectivity index (χ3n) is 7.16. The molecule has 0 radical (unpaired) electrons. The van der Waals surface area contributed by atoms with Gasteiger partial charge in [-0.05, 0) is 81.4 Å². The first kappa shape index (κ1) is 30.0. The lowest BCUT2D eigenvalue weighted by Crippen LogP contribution is -2.34. The number of rotatable bonds is 15. The van der Waals surface area contributed by atoms with Crippen molar-refractivity contribution in [2.75, 3.05) is 47.5 Å². The van der Waals surface area contributed by atoms with Crippen LogP contribution in [0.25, 0.3) is 5.76 Å². The van der Waals surface area contributed by atoms with Gasteiger partial charge >= 0.3 is 0 Å². The third-order valence-corrected chi connectivity index (χ3v) is 7.16. The molecule has 0 saturated carbocycles. The zero-order valence-electron chi connectivity index (χ0n) is 23.9. The number of hydrogen-bond donors (Lipinski definition) is 1. The molecule has 1 aliphatic rings. The number of nitrogens with zero attached hydrogens (tertiary/aromatic N) is 2. The summed E-state index contributed by atoms with van der Waals surface area (Å²) in [6.07, 6.45) is 5.19. The van der Waals surface area contributed by atoms with Crippen LogP contribution in [0.2, 0.25) is 0 Å². The average Bonchev–Trinajstić information content (AvgIpc) is 3.22. The molecule has 2 aromatic rings. The molecule has 2 aromatic carbocycles. The van der Waals surface area contributed by atoms with Gasteiger partial charge in [0.2, 0.25) is 0 Å². The van der Waals surface area contributed by atoms with Crippen molar-refractivity contribution in [3.8, 4) is 17.2 Å². The van der Waals surface area contributed by atoms with Gasteiger partial charge in [-0.25, -0.2) is 0 Å². The minimum atomic E-state index is -0.822. The van der Waals surface area contributed by atoms with Gasteiger partial charge in [-0.15, -0.1) is 0 Å². The van der Waals surface area contributed by atoms with E-state index >= 15 is 0 Å². The molecule has 8 heteroatoms. The van der Waals surface area contributed by atoms with Crippen molar-refractivity contribution in [2.24, 2.45) is 0 Å². The molecule has 39 heavy (non-hydrogen) atoms. The number of Topliss-reactive ketones (excluding diaryl/α,β-unsaturated/α-hetero) is 1. The Hall–Kier alpha value is -3.52. The zero-order chi connectivity index (χ0) is 28.4. The summed E-state index contributed by atoms with van der Waals surface area (Å²) in [4.78, 5) is 30.9. The Morgan fingerprint density at radius 3 is 2.00 bits per heavy atom. The quantitative estimate of drug-likeness (QED) is 0.184. The topological polar surface area (TPSA) is 88.5 Å². The first-order chi connectivity index (χ1) is 18.9. The van der Waals surface area contributed by atoms with Gasteiger partial charge in [-0.2, -0.15) is 0 Å². The lowest BCUT2D eigenvalue weighted by Gasteiger charge is -2.28. The van der Waals surface area contributed by atoms with Crippen LogP contribution in [0.5, 0.6) is 17.2 Å². The summed E-state index contributed by atoms with van der Waals surface area (Å²) in [5.74, 6) is 0.0993. The van der Waals surface area contributed by atoms with Crippen LogP contribution in [-0.2, 0) is 9.59 Å². The van der Waals surface area contributed by atoms with E-state index in [1.807, 2.05) is 0 Å². The second-order valence-corrected chi connectivity index (χ2v) is 9.73. The van der Waals surface area contributed by atoms with Gasteiger partial charge in [0.1, 0.15) is 23.0 Å². The van der Waals surface area contributed by atoms with E-state index in [4.69, 9.17) is 14.2 Å². The van der Waals surface area contributed by atoms with E-state index in [1.165, 1.54) is 0 Å². The molecule has 0 aliphatic carbocycles. The van der Waals surface area contributed by atoms with E-state index in [-0.39, 0.29) is 11.3 Å². The standard InChI is InChI=1S/C31H42N2O6/c1-6-8-17-32(18-9-7-2)19-10-20-33-28(25-21-24(38-4)15-16-26(25)39-5)27(30(35)31(33)36)29(34)22-11-13-23(37-3)14-12-22/h11-16,21,28,34H,6-10,17-20H2,1-5H3/b29-27-. The molecule has 3 rings (SSSR count). The molecule has 1 unspecified atom stereocenters. The zero-order valence-corrected chi connectivity index (χ0v) is 23.9. The smallest absolute Gasteiger partial charge is 0.295 e. The molecule has 0 spiro atoms. The van der Waals surface area contributed by atoms with Crippen molar-refractivity contribution in [1.82, 2.24) is 9.80 Å². The second kappa shape index (κ2) is 14.6. The van der Waals surface area contributed by atoms with E-state index in [1.54, 1.807) is 68.7 Å². The van der Waals surface area contributed by atoms with E-state index in [2.05, 4.69) is 18.7 Å². The number of ketones is 1. The number of benzene rings is 2. The Balaban J connectivity index is 2.02. The SMILES string of the molecule is CCCCN(CCCC)CCCN1C(=O)C(=O)/C(=C(\O)c2ccc(OC)cc2)C1c1cc(OC)ccc1OC. The van der Waals surface area contributed by atoms with E-state index in [9.17, 15) is 14.7 Å². The van der Waals surface area contributed by atoms with E-state index in [0.717, 1.165) is 45.3 Å². The van der Waals surface area contributed by atoms with Gasteiger partial charge in [0.05, 0.1) is 32.9 Å². The van der Waals surface area contributed by atoms with E-state index < -0.39 is 17.7 Å². The Kier molecular flexibility index (Phi) is 11.2. The van der Waals surface area contributed by atoms with Gasteiger partial charge in [0, 0.05) is 17.7 Å². The summed E-state index contributed by atoms with van der Waals surface area (Å²) < 4.78 is 16.3. The monoisotopic (exact) mass is 538 g/mol. The van der Waals surface area contributed by atoms with Crippen molar-refractivity contribution >= 4 is 17.4 Å². The van der Waals surface area contributed by atoms with E-state index in [0.29, 0.717) is 41.3 Å².